The van der Waals surface area contributed by atoms with E-state index >= 15 is 0 Å². The molecule has 112 valence electrons. The number of halogens is 1. The van der Waals surface area contributed by atoms with Crippen LogP contribution in [0.2, 0.25) is 5.02 Å². The first-order valence-electron chi connectivity index (χ1n) is 6.71. The second-order valence-electron chi connectivity index (χ2n) is 4.96. The van der Waals surface area contributed by atoms with E-state index < -0.39 is 0 Å². The summed E-state index contributed by atoms with van der Waals surface area (Å²) in [6.45, 7) is 4.06. The fourth-order valence-corrected chi connectivity index (χ4v) is 3.03. The zero-order chi connectivity index (χ0) is 15.4. The van der Waals surface area contributed by atoms with Crippen LogP contribution in [0.15, 0.2) is 24.3 Å². The number of rotatable bonds is 5. The molecule has 1 amide bonds. The topological polar surface area (TPSA) is 68.0 Å². The molecule has 1 unspecified atom stereocenters. The minimum Gasteiger partial charge on any atom is -0.330 e. The highest BCUT2D eigenvalue weighted by molar-refractivity contribution is 7.15. The smallest absolute Gasteiger partial charge is 0.230 e. The zero-order valence-corrected chi connectivity index (χ0v) is 13.6. The maximum atomic E-state index is 11.8. The Kier molecular flexibility index (Phi) is 5.33. The van der Waals surface area contributed by atoms with Crippen molar-refractivity contribution < 1.29 is 4.79 Å². The van der Waals surface area contributed by atoms with E-state index in [1.807, 2.05) is 31.2 Å². The van der Waals surface area contributed by atoms with Crippen molar-refractivity contribution in [2.45, 2.75) is 20.3 Å². The molecule has 0 bridgehead atoms. The maximum Gasteiger partial charge on any atom is 0.230 e. The summed E-state index contributed by atoms with van der Waals surface area (Å²) in [4.78, 5) is 17.3. The minimum atomic E-state index is -0.217. The molecule has 3 N–H and O–H groups in total. The Morgan fingerprint density at radius 3 is 2.95 bits per heavy atom. The van der Waals surface area contributed by atoms with Crippen molar-refractivity contribution in [2.75, 3.05) is 11.9 Å². The van der Waals surface area contributed by atoms with Crippen molar-refractivity contribution in [2.24, 2.45) is 11.7 Å². The number of nitrogens with zero attached hydrogens (tertiary/aromatic N) is 1. The largest absolute Gasteiger partial charge is 0.330 e. The molecule has 0 saturated heterocycles. The average molecular weight is 324 g/mol. The molecule has 0 aliphatic carbocycles. The fourth-order valence-electron chi connectivity index (χ4n) is 1.81. The SMILES string of the molecule is Cc1nc(NC(=O)C(C)CN)sc1Cc1cccc(Cl)c1. The molecule has 2 rings (SSSR count). The van der Waals surface area contributed by atoms with Crippen LogP contribution in [0.3, 0.4) is 0 Å². The van der Waals surface area contributed by atoms with Crippen LogP contribution in [-0.4, -0.2) is 17.4 Å². The van der Waals surface area contributed by atoms with Gasteiger partial charge in [0.2, 0.25) is 5.91 Å². The number of nitrogens with one attached hydrogen (secondary N) is 1. The average Bonchev–Trinajstić information content (AvgIpc) is 2.77. The predicted molar refractivity (Wildman–Crippen MR) is 88.0 cm³/mol. The molecule has 0 aliphatic rings. The third-order valence-corrected chi connectivity index (χ3v) is 4.49. The van der Waals surface area contributed by atoms with Crippen molar-refractivity contribution in [1.82, 2.24) is 4.98 Å². The Morgan fingerprint density at radius 1 is 1.52 bits per heavy atom. The molecule has 0 spiro atoms. The first-order chi connectivity index (χ1) is 9.99. The second kappa shape index (κ2) is 7.02. The normalized spacial score (nSPS) is 12.2. The Morgan fingerprint density at radius 2 is 2.29 bits per heavy atom. The summed E-state index contributed by atoms with van der Waals surface area (Å²) in [5.41, 5.74) is 7.54. The third-order valence-electron chi connectivity index (χ3n) is 3.18. The first kappa shape index (κ1) is 15.9. The van der Waals surface area contributed by atoms with Crippen LogP contribution < -0.4 is 11.1 Å². The van der Waals surface area contributed by atoms with Gasteiger partial charge in [-0.15, -0.1) is 11.3 Å². The molecule has 0 radical (unpaired) electrons. The molecule has 0 aliphatic heterocycles. The Labute approximate surface area is 133 Å². The fraction of sp³-hybridized carbons (Fsp3) is 0.333. The molecule has 0 fully saturated rings. The summed E-state index contributed by atoms with van der Waals surface area (Å²) in [6.07, 6.45) is 0.756. The van der Waals surface area contributed by atoms with Crippen LogP contribution in [0.5, 0.6) is 0 Å². The van der Waals surface area contributed by atoms with Gasteiger partial charge in [-0.25, -0.2) is 4.98 Å². The van der Waals surface area contributed by atoms with Crippen LogP contribution in [0, 0.1) is 12.8 Å². The lowest BCUT2D eigenvalue weighted by Gasteiger charge is -2.06. The number of thiazole rings is 1. The molecule has 21 heavy (non-hydrogen) atoms. The molecule has 1 aromatic heterocycles. The summed E-state index contributed by atoms with van der Waals surface area (Å²) in [6, 6.07) is 7.75. The molecule has 1 aromatic carbocycles. The van der Waals surface area contributed by atoms with Gasteiger partial charge >= 0.3 is 0 Å². The van der Waals surface area contributed by atoms with Crippen molar-refractivity contribution in [3.8, 4) is 0 Å². The molecule has 1 heterocycles. The van der Waals surface area contributed by atoms with Crippen molar-refractivity contribution in [3.63, 3.8) is 0 Å². The summed E-state index contributed by atoms with van der Waals surface area (Å²) in [5.74, 6) is -0.314. The number of carbonyl (C=O) groups is 1. The number of nitrogens with two attached hydrogens (primary N) is 1. The minimum absolute atomic E-state index is 0.0967. The van der Waals surface area contributed by atoms with Crippen LogP contribution in [-0.2, 0) is 11.2 Å². The molecule has 0 saturated carbocycles. The van der Waals surface area contributed by atoms with Gasteiger partial charge in [-0.05, 0) is 24.6 Å². The summed E-state index contributed by atoms with van der Waals surface area (Å²) in [7, 11) is 0. The van der Waals surface area contributed by atoms with Gasteiger partial charge in [-0.1, -0.05) is 30.7 Å². The first-order valence-corrected chi connectivity index (χ1v) is 7.90. The number of aromatic nitrogens is 1. The van der Waals surface area contributed by atoms with Crippen molar-refractivity contribution in [1.29, 1.82) is 0 Å². The van der Waals surface area contributed by atoms with Gasteiger partial charge in [0, 0.05) is 28.8 Å². The van der Waals surface area contributed by atoms with Crippen molar-refractivity contribution in [3.05, 3.63) is 45.4 Å². The van der Waals surface area contributed by atoms with Gasteiger partial charge < -0.3 is 11.1 Å². The highest BCUT2D eigenvalue weighted by atomic mass is 35.5. The maximum absolute atomic E-state index is 11.8. The van der Waals surface area contributed by atoms with Gasteiger partial charge in [-0.3, -0.25) is 4.79 Å². The standard InChI is InChI=1S/C15H18ClN3OS/c1-9(8-17)14(20)19-15-18-10(2)13(21-15)7-11-4-3-5-12(16)6-11/h3-6,9H,7-8,17H2,1-2H3,(H,18,19,20). The van der Waals surface area contributed by atoms with E-state index in [0.717, 1.165) is 27.6 Å². The zero-order valence-electron chi connectivity index (χ0n) is 12.0. The van der Waals surface area contributed by atoms with E-state index in [2.05, 4.69) is 10.3 Å². The van der Waals surface area contributed by atoms with E-state index in [1.165, 1.54) is 11.3 Å². The highest BCUT2D eigenvalue weighted by Crippen LogP contribution is 2.26. The Balaban J connectivity index is 2.10. The summed E-state index contributed by atoms with van der Waals surface area (Å²) < 4.78 is 0. The highest BCUT2D eigenvalue weighted by Gasteiger charge is 2.14. The molecule has 6 heteroatoms. The lowest BCUT2D eigenvalue weighted by molar-refractivity contribution is -0.119. The predicted octanol–water partition coefficient (Wildman–Crippen LogP) is 3.23. The van der Waals surface area contributed by atoms with Gasteiger partial charge in [0.25, 0.3) is 0 Å². The number of aryl methyl sites for hydroxylation is 1. The van der Waals surface area contributed by atoms with Gasteiger partial charge in [0.05, 0.1) is 5.69 Å². The molecule has 4 nitrogen and oxygen atoms in total. The quantitative estimate of drug-likeness (QED) is 0.887. The second-order valence-corrected chi connectivity index (χ2v) is 6.48. The van der Waals surface area contributed by atoms with Gasteiger partial charge in [0.1, 0.15) is 0 Å². The number of hydrogen-bond donors (Lipinski definition) is 2. The van der Waals surface area contributed by atoms with Crippen LogP contribution >= 0.6 is 22.9 Å². The van der Waals surface area contributed by atoms with Gasteiger partial charge in [-0.2, -0.15) is 0 Å². The lowest BCUT2D eigenvalue weighted by atomic mass is 10.1. The van der Waals surface area contributed by atoms with E-state index in [4.69, 9.17) is 17.3 Å². The van der Waals surface area contributed by atoms with E-state index in [1.54, 1.807) is 6.92 Å². The summed E-state index contributed by atoms with van der Waals surface area (Å²) in [5, 5.41) is 4.16. The molecule has 1 atom stereocenters. The number of amides is 1. The number of benzene rings is 1. The van der Waals surface area contributed by atoms with Crippen LogP contribution in [0.25, 0.3) is 0 Å². The van der Waals surface area contributed by atoms with E-state index in [9.17, 15) is 4.79 Å². The number of carbonyl (C=O) groups excluding carboxylic acids is 1. The van der Waals surface area contributed by atoms with Gasteiger partial charge in [0.15, 0.2) is 5.13 Å². The lowest BCUT2D eigenvalue weighted by Crippen LogP contribution is -2.26. The Hall–Kier alpha value is -1.43. The van der Waals surface area contributed by atoms with Crippen LogP contribution in [0.1, 0.15) is 23.1 Å². The molecular weight excluding hydrogens is 306 g/mol. The number of hydrogen-bond acceptors (Lipinski definition) is 4. The molecule has 2 aromatic rings. The van der Waals surface area contributed by atoms with E-state index in [-0.39, 0.29) is 11.8 Å². The monoisotopic (exact) mass is 323 g/mol. The number of anilines is 1. The van der Waals surface area contributed by atoms with E-state index in [0.29, 0.717) is 11.7 Å². The Bertz CT molecular complexity index is 642. The summed E-state index contributed by atoms with van der Waals surface area (Å²) >= 11 is 7.48. The van der Waals surface area contributed by atoms with Crippen molar-refractivity contribution >= 4 is 34.0 Å². The molecular formula is C15H18ClN3OS. The third kappa shape index (κ3) is 4.27. The van der Waals surface area contributed by atoms with Crippen LogP contribution in [0.4, 0.5) is 5.13 Å².